The summed E-state index contributed by atoms with van der Waals surface area (Å²) in [5, 5.41) is 10.6. The molecule has 0 bridgehead atoms. The largest absolute Gasteiger partial charge is 0.384 e. The van der Waals surface area contributed by atoms with Crippen molar-refractivity contribution in [3.05, 3.63) is 59.9 Å². The fourth-order valence-electron chi connectivity index (χ4n) is 2.05. The molecule has 1 amide bonds. The first-order chi connectivity index (χ1) is 10.6. The van der Waals surface area contributed by atoms with Gasteiger partial charge >= 0.3 is 0 Å². The maximum atomic E-state index is 12.3. The highest BCUT2D eigenvalue weighted by Crippen LogP contribution is 2.13. The van der Waals surface area contributed by atoms with Crippen LogP contribution in [-0.2, 0) is 0 Å². The number of nitrogen functional groups attached to an aromatic ring is 1. The molecule has 3 rings (SSSR count). The van der Waals surface area contributed by atoms with Crippen LogP contribution in [0.5, 0.6) is 0 Å². The number of hydrogen-bond acceptors (Lipinski definition) is 5. The van der Waals surface area contributed by atoms with Gasteiger partial charge in [-0.25, -0.2) is 9.67 Å². The summed E-state index contributed by atoms with van der Waals surface area (Å²) in [5.74, 6) is 0.332. The Balaban J connectivity index is 1.87. The summed E-state index contributed by atoms with van der Waals surface area (Å²) < 4.78 is 1.61. The lowest BCUT2D eigenvalue weighted by molar-refractivity contribution is 0.102. The van der Waals surface area contributed by atoms with Gasteiger partial charge in [0.2, 0.25) is 0 Å². The molecule has 2 heterocycles. The van der Waals surface area contributed by atoms with E-state index >= 15 is 0 Å². The molecule has 0 radical (unpaired) electrons. The number of amides is 1. The zero-order chi connectivity index (χ0) is 15.5. The number of pyridine rings is 1. The van der Waals surface area contributed by atoms with Crippen LogP contribution in [-0.4, -0.2) is 25.9 Å². The molecule has 7 heteroatoms. The Morgan fingerprint density at radius 1 is 1.14 bits per heavy atom. The number of anilines is 2. The second-order valence-electron chi connectivity index (χ2n) is 4.67. The van der Waals surface area contributed by atoms with Crippen molar-refractivity contribution in [2.45, 2.75) is 6.92 Å². The molecule has 0 saturated carbocycles. The van der Waals surface area contributed by atoms with Crippen LogP contribution in [0.3, 0.4) is 0 Å². The third-order valence-corrected chi connectivity index (χ3v) is 3.12. The van der Waals surface area contributed by atoms with Crippen LogP contribution in [0.25, 0.3) is 5.69 Å². The number of rotatable bonds is 3. The maximum Gasteiger partial charge on any atom is 0.279 e. The molecule has 0 atom stereocenters. The molecule has 2 aromatic heterocycles. The van der Waals surface area contributed by atoms with Gasteiger partial charge in [-0.2, -0.15) is 0 Å². The van der Waals surface area contributed by atoms with Gasteiger partial charge in [0.05, 0.1) is 11.4 Å². The number of nitrogens with zero attached hydrogens (tertiary/aromatic N) is 4. The van der Waals surface area contributed by atoms with Crippen molar-refractivity contribution >= 4 is 17.5 Å². The Morgan fingerprint density at radius 3 is 2.64 bits per heavy atom. The molecule has 110 valence electrons. The van der Waals surface area contributed by atoms with E-state index in [1.807, 2.05) is 30.3 Å². The van der Waals surface area contributed by atoms with Crippen molar-refractivity contribution in [3.63, 3.8) is 0 Å². The van der Waals surface area contributed by atoms with Crippen LogP contribution in [0.4, 0.5) is 11.6 Å². The predicted octanol–water partition coefficient (Wildman–Crippen LogP) is 1.81. The SMILES string of the molecule is Cc1c(C(=O)Nc2cccc(N)n2)nnn1-c1ccccc1. The normalized spacial score (nSPS) is 10.4. The number of aromatic nitrogens is 4. The van der Waals surface area contributed by atoms with Gasteiger partial charge in [0.15, 0.2) is 5.69 Å². The number of carbonyl (C=O) groups excluding carboxylic acids is 1. The zero-order valence-electron chi connectivity index (χ0n) is 11.9. The molecule has 22 heavy (non-hydrogen) atoms. The molecule has 0 aliphatic rings. The zero-order valence-corrected chi connectivity index (χ0v) is 11.9. The Hall–Kier alpha value is -3.22. The molecule has 3 N–H and O–H groups in total. The fraction of sp³-hybridized carbons (Fsp3) is 0.0667. The molecular formula is C15H14N6O. The van der Waals surface area contributed by atoms with Gasteiger partial charge in [-0.3, -0.25) is 4.79 Å². The summed E-state index contributed by atoms with van der Waals surface area (Å²) in [4.78, 5) is 16.3. The molecule has 0 saturated heterocycles. The van der Waals surface area contributed by atoms with E-state index in [0.29, 0.717) is 17.3 Å². The lowest BCUT2D eigenvalue weighted by atomic mass is 10.3. The van der Waals surface area contributed by atoms with Crippen molar-refractivity contribution in [3.8, 4) is 5.69 Å². The molecule has 0 spiro atoms. The summed E-state index contributed by atoms with van der Waals surface area (Å²) in [6, 6.07) is 14.5. The Bertz CT molecular complexity index is 812. The van der Waals surface area contributed by atoms with E-state index in [-0.39, 0.29) is 11.6 Å². The highest BCUT2D eigenvalue weighted by molar-refractivity contribution is 6.03. The van der Waals surface area contributed by atoms with Crippen molar-refractivity contribution < 1.29 is 4.79 Å². The average Bonchev–Trinajstić information content (AvgIpc) is 2.90. The second-order valence-corrected chi connectivity index (χ2v) is 4.67. The molecule has 0 aliphatic carbocycles. The minimum absolute atomic E-state index is 0.244. The quantitative estimate of drug-likeness (QED) is 0.767. The molecule has 0 unspecified atom stereocenters. The molecular weight excluding hydrogens is 280 g/mol. The third-order valence-electron chi connectivity index (χ3n) is 3.12. The molecule has 0 fully saturated rings. The van der Waals surface area contributed by atoms with Crippen molar-refractivity contribution in [1.82, 2.24) is 20.0 Å². The van der Waals surface area contributed by atoms with Gasteiger partial charge in [-0.15, -0.1) is 5.10 Å². The van der Waals surface area contributed by atoms with E-state index in [9.17, 15) is 4.79 Å². The van der Waals surface area contributed by atoms with E-state index < -0.39 is 0 Å². The third kappa shape index (κ3) is 2.64. The van der Waals surface area contributed by atoms with E-state index in [0.717, 1.165) is 5.69 Å². The van der Waals surface area contributed by atoms with E-state index in [2.05, 4.69) is 20.6 Å². The number of para-hydroxylation sites is 1. The standard InChI is InChI=1S/C15H14N6O/c1-10-14(15(22)18-13-9-5-8-12(16)17-13)19-20-21(10)11-6-3-2-4-7-11/h2-9H,1H3,(H3,16,17,18,22). The molecule has 0 aliphatic heterocycles. The number of nitrogens with two attached hydrogens (primary N) is 1. The molecule has 3 aromatic rings. The van der Waals surface area contributed by atoms with E-state index in [1.165, 1.54) is 0 Å². The fourth-order valence-corrected chi connectivity index (χ4v) is 2.05. The van der Waals surface area contributed by atoms with E-state index in [1.54, 1.807) is 29.8 Å². The van der Waals surface area contributed by atoms with Crippen LogP contribution in [0.15, 0.2) is 48.5 Å². The number of benzene rings is 1. The second kappa shape index (κ2) is 5.65. The Morgan fingerprint density at radius 2 is 1.91 bits per heavy atom. The summed E-state index contributed by atoms with van der Waals surface area (Å²) >= 11 is 0. The number of nitrogens with one attached hydrogen (secondary N) is 1. The van der Waals surface area contributed by atoms with Crippen LogP contribution in [0.1, 0.15) is 16.2 Å². The van der Waals surface area contributed by atoms with E-state index in [4.69, 9.17) is 5.73 Å². The summed E-state index contributed by atoms with van der Waals surface area (Å²) in [7, 11) is 0. The van der Waals surface area contributed by atoms with Gasteiger partial charge in [0.25, 0.3) is 5.91 Å². The molecule has 7 nitrogen and oxygen atoms in total. The van der Waals surface area contributed by atoms with Gasteiger partial charge in [-0.1, -0.05) is 29.5 Å². The number of carbonyl (C=O) groups is 1. The summed E-state index contributed by atoms with van der Waals surface area (Å²) in [5.41, 5.74) is 7.32. The highest BCUT2D eigenvalue weighted by atomic mass is 16.2. The lowest BCUT2D eigenvalue weighted by Gasteiger charge is -2.04. The monoisotopic (exact) mass is 294 g/mol. The Kier molecular flexibility index (Phi) is 3.53. The molecule has 1 aromatic carbocycles. The number of hydrogen-bond donors (Lipinski definition) is 2. The van der Waals surface area contributed by atoms with Gasteiger partial charge < -0.3 is 11.1 Å². The van der Waals surface area contributed by atoms with Crippen LogP contribution < -0.4 is 11.1 Å². The van der Waals surface area contributed by atoms with Crippen LogP contribution in [0, 0.1) is 6.92 Å². The maximum absolute atomic E-state index is 12.3. The average molecular weight is 294 g/mol. The first kappa shape index (κ1) is 13.7. The van der Waals surface area contributed by atoms with Crippen LogP contribution in [0.2, 0.25) is 0 Å². The summed E-state index contributed by atoms with van der Waals surface area (Å²) in [6.45, 7) is 1.79. The highest BCUT2D eigenvalue weighted by Gasteiger charge is 2.17. The smallest absolute Gasteiger partial charge is 0.279 e. The van der Waals surface area contributed by atoms with Gasteiger partial charge in [0.1, 0.15) is 11.6 Å². The minimum Gasteiger partial charge on any atom is -0.384 e. The lowest BCUT2D eigenvalue weighted by Crippen LogP contribution is -2.15. The van der Waals surface area contributed by atoms with Crippen LogP contribution >= 0.6 is 0 Å². The Labute approximate surface area is 126 Å². The minimum atomic E-state index is -0.377. The summed E-state index contributed by atoms with van der Waals surface area (Å²) in [6.07, 6.45) is 0. The van der Waals surface area contributed by atoms with Gasteiger partial charge in [0, 0.05) is 0 Å². The first-order valence-corrected chi connectivity index (χ1v) is 6.67. The van der Waals surface area contributed by atoms with Crippen molar-refractivity contribution in [2.24, 2.45) is 0 Å². The van der Waals surface area contributed by atoms with Gasteiger partial charge in [-0.05, 0) is 31.2 Å². The predicted molar refractivity (Wildman–Crippen MR) is 82.7 cm³/mol. The topological polar surface area (TPSA) is 98.7 Å². The first-order valence-electron chi connectivity index (χ1n) is 6.67. The van der Waals surface area contributed by atoms with Crippen molar-refractivity contribution in [2.75, 3.05) is 11.1 Å². The van der Waals surface area contributed by atoms with Crippen molar-refractivity contribution in [1.29, 1.82) is 0 Å².